The number of sulfonamides is 1. The first-order valence-corrected chi connectivity index (χ1v) is 6.89. The number of rotatable bonds is 7. The fourth-order valence-electron chi connectivity index (χ4n) is 1.34. The highest BCUT2D eigenvalue weighted by Gasteiger charge is 2.34. The Morgan fingerprint density at radius 3 is 1.90 bits per heavy atom. The van der Waals surface area contributed by atoms with Gasteiger partial charge in [0.2, 0.25) is 10.0 Å². The van der Waals surface area contributed by atoms with Crippen molar-refractivity contribution >= 4 is 15.7 Å². The van der Waals surface area contributed by atoms with Crippen molar-refractivity contribution in [2.75, 3.05) is 19.8 Å². The van der Waals surface area contributed by atoms with Crippen LogP contribution < -0.4 is 4.72 Å². The third kappa shape index (κ3) is 3.49. The molecule has 0 aliphatic heterocycles. The number of non-ortho nitro benzene ring substituents is 1. The summed E-state index contributed by atoms with van der Waals surface area (Å²) >= 11 is 0. The fraction of sp³-hybridized carbons (Fsp3) is 0.400. The Morgan fingerprint density at radius 2 is 1.55 bits per heavy atom. The minimum absolute atomic E-state index is 0.276. The van der Waals surface area contributed by atoms with Gasteiger partial charge in [0.1, 0.15) is 5.54 Å². The molecule has 0 aromatic heterocycles. The number of nitro benzene ring substituents is 1. The molecule has 0 atom stereocenters. The third-order valence-electron chi connectivity index (χ3n) is 2.62. The predicted molar refractivity (Wildman–Crippen MR) is 67.4 cm³/mol. The third-order valence-corrected chi connectivity index (χ3v) is 4.21. The van der Waals surface area contributed by atoms with E-state index in [2.05, 4.69) is 0 Å². The molecule has 112 valence electrons. The predicted octanol–water partition coefficient (Wildman–Crippen LogP) is -1.41. The van der Waals surface area contributed by atoms with Gasteiger partial charge < -0.3 is 15.3 Å². The fourth-order valence-corrected chi connectivity index (χ4v) is 2.71. The molecule has 1 aromatic carbocycles. The smallest absolute Gasteiger partial charge is 0.269 e. The molecule has 0 bridgehead atoms. The van der Waals surface area contributed by atoms with Crippen molar-refractivity contribution in [3.8, 4) is 0 Å². The lowest BCUT2D eigenvalue weighted by atomic mass is 10.1. The first-order valence-electron chi connectivity index (χ1n) is 5.41. The van der Waals surface area contributed by atoms with Gasteiger partial charge in [-0.15, -0.1) is 0 Å². The summed E-state index contributed by atoms with van der Waals surface area (Å²) in [5, 5.41) is 37.7. The molecule has 0 amide bonds. The second-order valence-electron chi connectivity index (χ2n) is 4.11. The van der Waals surface area contributed by atoms with E-state index < -0.39 is 40.3 Å². The van der Waals surface area contributed by atoms with Gasteiger partial charge in [0.05, 0.1) is 29.6 Å². The van der Waals surface area contributed by atoms with Crippen LogP contribution in [0, 0.1) is 10.1 Å². The van der Waals surface area contributed by atoms with Crippen LogP contribution in [-0.2, 0) is 10.0 Å². The summed E-state index contributed by atoms with van der Waals surface area (Å²) in [6.07, 6.45) is 0. The Bertz CT molecular complexity index is 558. The van der Waals surface area contributed by atoms with Gasteiger partial charge in [-0.25, -0.2) is 8.42 Å². The zero-order chi connectivity index (χ0) is 15.4. The molecule has 1 aromatic rings. The zero-order valence-electron chi connectivity index (χ0n) is 10.3. The van der Waals surface area contributed by atoms with E-state index in [0.717, 1.165) is 24.3 Å². The van der Waals surface area contributed by atoms with Crippen LogP contribution in [0.4, 0.5) is 5.69 Å². The molecule has 0 spiro atoms. The molecule has 0 unspecified atom stereocenters. The summed E-state index contributed by atoms with van der Waals surface area (Å²) in [4.78, 5) is 9.50. The van der Waals surface area contributed by atoms with Crippen molar-refractivity contribution in [1.82, 2.24) is 4.72 Å². The van der Waals surface area contributed by atoms with Crippen LogP contribution in [0.2, 0.25) is 0 Å². The summed E-state index contributed by atoms with van der Waals surface area (Å²) in [6.45, 7) is -2.44. The minimum Gasteiger partial charge on any atom is -0.394 e. The zero-order valence-corrected chi connectivity index (χ0v) is 11.1. The van der Waals surface area contributed by atoms with Crippen molar-refractivity contribution in [1.29, 1.82) is 0 Å². The lowest BCUT2D eigenvalue weighted by Crippen LogP contribution is -2.56. The van der Waals surface area contributed by atoms with Crippen LogP contribution in [0.15, 0.2) is 29.2 Å². The molecule has 0 radical (unpaired) electrons. The van der Waals surface area contributed by atoms with E-state index in [-0.39, 0.29) is 10.6 Å². The number of hydrogen-bond acceptors (Lipinski definition) is 7. The molecule has 20 heavy (non-hydrogen) atoms. The van der Waals surface area contributed by atoms with E-state index in [1.807, 2.05) is 4.72 Å². The van der Waals surface area contributed by atoms with Gasteiger partial charge in [-0.3, -0.25) is 10.1 Å². The monoisotopic (exact) mass is 306 g/mol. The molecule has 10 heteroatoms. The van der Waals surface area contributed by atoms with Gasteiger partial charge in [-0.2, -0.15) is 4.72 Å². The van der Waals surface area contributed by atoms with Crippen LogP contribution in [-0.4, -0.2) is 54.0 Å². The van der Waals surface area contributed by atoms with E-state index in [0.29, 0.717) is 0 Å². The second-order valence-corrected chi connectivity index (χ2v) is 5.79. The van der Waals surface area contributed by atoms with E-state index in [9.17, 15) is 18.5 Å². The topological polar surface area (TPSA) is 150 Å². The van der Waals surface area contributed by atoms with Crippen LogP contribution >= 0.6 is 0 Å². The molecule has 0 aliphatic rings. The van der Waals surface area contributed by atoms with Gasteiger partial charge in [-0.1, -0.05) is 0 Å². The molecule has 0 heterocycles. The van der Waals surface area contributed by atoms with E-state index in [4.69, 9.17) is 15.3 Å². The number of nitrogens with zero attached hydrogens (tertiary/aromatic N) is 1. The molecular weight excluding hydrogens is 292 g/mol. The van der Waals surface area contributed by atoms with Gasteiger partial charge in [0, 0.05) is 12.1 Å². The second kappa shape index (κ2) is 6.24. The first-order chi connectivity index (χ1) is 9.30. The number of nitrogens with one attached hydrogen (secondary N) is 1. The van der Waals surface area contributed by atoms with Crippen molar-refractivity contribution in [3.05, 3.63) is 34.4 Å². The van der Waals surface area contributed by atoms with Crippen molar-refractivity contribution in [2.45, 2.75) is 10.4 Å². The average molecular weight is 306 g/mol. The Balaban J connectivity index is 3.07. The van der Waals surface area contributed by atoms with Crippen molar-refractivity contribution < 1.29 is 28.7 Å². The highest BCUT2D eigenvalue weighted by molar-refractivity contribution is 7.89. The lowest BCUT2D eigenvalue weighted by molar-refractivity contribution is -0.384. The molecular formula is C10H14N2O7S. The van der Waals surface area contributed by atoms with Gasteiger partial charge in [0.15, 0.2) is 0 Å². The molecule has 0 saturated carbocycles. The summed E-state index contributed by atoms with van der Waals surface area (Å²) in [6, 6.07) is 4.04. The van der Waals surface area contributed by atoms with E-state index in [1.54, 1.807) is 0 Å². The Morgan fingerprint density at radius 1 is 1.10 bits per heavy atom. The normalized spacial score (nSPS) is 12.3. The van der Waals surface area contributed by atoms with Gasteiger partial charge in [0.25, 0.3) is 5.69 Å². The largest absolute Gasteiger partial charge is 0.394 e. The maximum Gasteiger partial charge on any atom is 0.269 e. The quantitative estimate of drug-likeness (QED) is 0.357. The summed E-state index contributed by atoms with van der Waals surface area (Å²) in [7, 11) is -4.15. The van der Waals surface area contributed by atoms with Crippen LogP contribution in [0.3, 0.4) is 0 Å². The maximum absolute atomic E-state index is 12.0. The number of nitro groups is 1. The van der Waals surface area contributed by atoms with Crippen molar-refractivity contribution in [2.24, 2.45) is 0 Å². The number of hydrogen-bond donors (Lipinski definition) is 4. The molecule has 0 fully saturated rings. The molecule has 9 nitrogen and oxygen atoms in total. The van der Waals surface area contributed by atoms with Crippen molar-refractivity contribution in [3.63, 3.8) is 0 Å². The summed E-state index contributed by atoms with van der Waals surface area (Å²) in [5.74, 6) is 0. The standard InChI is InChI=1S/C10H14N2O7S/c13-5-10(6-14,7-15)11-20(18,19)9-3-1-8(2-4-9)12(16)17/h1-4,11,13-15H,5-7H2. The molecule has 1 rings (SSSR count). The molecule has 0 saturated heterocycles. The van der Waals surface area contributed by atoms with Gasteiger partial charge in [-0.05, 0) is 12.1 Å². The Kier molecular flexibility index (Phi) is 5.14. The van der Waals surface area contributed by atoms with Crippen LogP contribution in [0.25, 0.3) is 0 Å². The Labute approximate surface area is 114 Å². The van der Waals surface area contributed by atoms with Crippen LogP contribution in [0.1, 0.15) is 0 Å². The highest BCUT2D eigenvalue weighted by Crippen LogP contribution is 2.17. The van der Waals surface area contributed by atoms with E-state index >= 15 is 0 Å². The maximum atomic E-state index is 12.0. The molecule has 0 aliphatic carbocycles. The highest BCUT2D eigenvalue weighted by atomic mass is 32.2. The first kappa shape index (κ1) is 16.5. The summed E-state index contributed by atoms with van der Waals surface area (Å²) < 4.78 is 26.0. The number of aliphatic hydroxyl groups is 3. The van der Waals surface area contributed by atoms with Gasteiger partial charge >= 0.3 is 0 Å². The average Bonchev–Trinajstić information content (AvgIpc) is 2.45. The SMILES string of the molecule is O=[N+]([O-])c1ccc(S(=O)(=O)NC(CO)(CO)CO)cc1. The van der Waals surface area contributed by atoms with Crippen LogP contribution in [0.5, 0.6) is 0 Å². The molecule has 4 N–H and O–H groups in total. The lowest BCUT2D eigenvalue weighted by Gasteiger charge is -2.28. The Hall–Kier alpha value is -1.59. The number of benzene rings is 1. The number of aliphatic hydroxyl groups excluding tert-OH is 3. The van der Waals surface area contributed by atoms with E-state index in [1.165, 1.54) is 0 Å². The summed E-state index contributed by atoms with van der Waals surface area (Å²) in [5.41, 5.74) is -2.08. The minimum atomic E-state index is -4.15.